The van der Waals surface area contributed by atoms with Gasteiger partial charge in [-0.05, 0) is 13.3 Å². The van der Waals surface area contributed by atoms with Crippen LogP contribution >= 0.6 is 0 Å². The van der Waals surface area contributed by atoms with Crippen molar-refractivity contribution in [2.45, 2.75) is 40.0 Å². The molecule has 3 heterocycles. The smallest absolute Gasteiger partial charge is 0.187 e. The molecule has 134 valence electrons. The number of hydrogen-bond donors (Lipinski definition) is 0. The van der Waals surface area contributed by atoms with E-state index in [1.54, 1.807) is 0 Å². The molecule has 0 aromatic carbocycles. The van der Waals surface area contributed by atoms with E-state index in [-0.39, 0.29) is 5.82 Å². The van der Waals surface area contributed by atoms with Gasteiger partial charge < -0.3 is 9.80 Å². The summed E-state index contributed by atoms with van der Waals surface area (Å²) in [5.41, 5.74) is 1.45. The Labute approximate surface area is 148 Å². The molecule has 0 atom stereocenters. The number of nitrogens with zero attached hydrogens (tertiary/aromatic N) is 6. The minimum Gasteiger partial charge on any atom is -0.353 e. The number of anilines is 2. The first-order chi connectivity index (χ1) is 12.0. The van der Waals surface area contributed by atoms with E-state index in [1.807, 2.05) is 24.8 Å². The van der Waals surface area contributed by atoms with Crippen molar-refractivity contribution in [2.75, 3.05) is 36.0 Å². The summed E-state index contributed by atoms with van der Waals surface area (Å²) < 4.78 is 14.5. The van der Waals surface area contributed by atoms with Crippen LogP contribution in [0.2, 0.25) is 0 Å². The molecule has 1 fully saturated rings. The molecule has 1 saturated heterocycles. The molecule has 0 N–H and O–H groups in total. The third kappa shape index (κ3) is 3.70. The van der Waals surface area contributed by atoms with Crippen molar-refractivity contribution in [1.29, 1.82) is 0 Å². The Hall–Kier alpha value is -2.31. The largest absolute Gasteiger partial charge is 0.353 e. The minimum absolute atomic E-state index is 0.293. The molecule has 0 aliphatic carbocycles. The van der Waals surface area contributed by atoms with E-state index in [4.69, 9.17) is 4.98 Å². The van der Waals surface area contributed by atoms with Crippen LogP contribution in [-0.2, 0) is 6.42 Å². The molecule has 6 nitrogen and oxygen atoms in total. The summed E-state index contributed by atoms with van der Waals surface area (Å²) in [6, 6.07) is 2.02. The monoisotopic (exact) mass is 344 g/mol. The Morgan fingerprint density at radius 1 is 1.08 bits per heavy atom. The Balaban J connectivity index is 1.74. The summed E-state index contributed by atoms with van der Waals surface area (Å²) in [4.78, 5) is 21.6. The Kier molecular flexibility index (Phi) is 5.11. The fourth-order valence-electron chi connectivity index (χ4n) is 3.00. The van der Waals surface area contributed by atoms with E-state index in [9.17, 15) is 4.39 Å². The Morgan fingerprint density at radius 2 is 1.76 bits per heavy atom. The maximum absolute atomic E-state index is 14.5. The molecule has 25 heavy (non-hydrogen) atoms. The van der Waals surface area contributed by atoms with E-state index in [2.05, 4.69) is 33.7 Å². The molecule has 3 rings (SSSR count). The molecule has 1 aliphatic rings. The molecule has 0 radical (unpaired) electrons. The number of hydrogen-bond acceptors (Lipinski definition) is 6. The maximum atomic E-state index is 14.5. The van der Waals surface area contributed by atoms with E-state index in [0.29, 0.717) is 36.9 Å². The first-order valence-corrected chi connectivity index (χ1v) is 8.84. The number of aromatic nitrogens is 4. The van der Waals surface area contributed by atoms with Crippen LogP contribution < -0.4 is 9.80 Å². The summed E-state index contributed by atoms with van der Waals surface area (Å²) in [7, 11) is 0. The van der Waals surface area contributed by atoms with Gasteiger partial charge in [0.15, 0.2) is 11.6 Å². The molecule has 0 spiro atoms. The molecule has 0 unspecified atom stereocenters. The molecule has 0 amide bonds. The lowest BCUT2D eigenvalue weighted by atomic mass is 10.2. The normalized spacial score (nSPS) is 15.1. The third-order valence-electron chi connectivity index (χ3n) is 4.46. The van der Waals surface area contributed by atoms with Crippen LogP contribution in [0.25, 0.3) is 0 Å². The van der Waals surface area contributed by atoms with Gasteiger partial charge in [-0.3, -0.25) is 0 Å². The van der Waals surface area contributed by atoms with Crippen LogP contribution in [0, 0.1) is 12.7 Å². The number of halogens is 1. The van der Waals surface area contributed by atoms with Crippen molar-refractivity contribution in [1.82, 2.24) is 19.9 Å². The van der Waals surface area contributed by atoms with E-state index < -0.39 is 0 Å². The van der Waals surface area contributed by atoms with E-state index in [1.165, 1.54) is 6.33 Å². The summed E-state index contributed by atoms with van der Waals surface area (Å²) >= 11 is 0. The fourth-order valence-corrected chi connectivity index (χ4v) is 3.00. The standard InChI is InChI=1S/C18H25FN6/c1-5-14-16(19)18(21-11-20-14)25-8-6-24(7-9-25)15-10-13(4)22-17(23-15)12(2)3/h10-12H,5-9H2,1-4H3. The summed E-state index contributed by atoms with van der Waals surface area (Å²) in [6.07, 6.45) is 2.02. The fraction of sp³-hybridized carbons (Fsp3) is 0.556. The highest BCUT2D eigenvalue weighted by molar-refractivity contribution is 5.46. The molecule has 1 aliphatic heterocycles. The van der Waals surface area contributed by atoms with Crippen molar-refractivity contribution in [3.8, 4) is 0 Å². The molecule has 0 saturated carbocycles. The van der Waals surface area contributed by atoms with Crippen molar-refractivity contribution >= 4 is 11.6 Å². The van der Waals surface area contributed by atoms with Gasteiger partial charge in [-0.1, -0.05) is 20.8 Å². The van der Waals surface area contributed by atoms with Gasteiger partial charge >= 0.3 is 0 Å². The van der Waals surface area contributed by atoms with Gasteiger partial charge in [0, 0.05) is 43.9 Å². The van der Waals surface area contributed by atoms with Gasteiger partial charge in [-0.25, -0.2) is 24.3 Å². The zero-order valence-corrected chi connectivity index (χ0v) is 15.3. The Bertz CT molecular complexity index is 740. The average Bonchev–Trinajstić information content (AvgIpc) is 2.61. The van der Waals surface area contributed by atoms with Crippen LogP contribution in [-0.4, -0.2) is 46.1 Å². The second-order valence-corrected chi connectivity index (χ2v) is 6.67. The van der Waals surface area contributed by atoms with Gasteiger partial charge in [0.2, 0.25) is 0 Å². The van der Waals surface area contributed by atoms with Crippen LogP contribution in [0.1, 0.15) is 43.9 Å². The van der Waals surface area contributed by atoms with Gasteiger partial charge in [-0.15, -0.1) is 0 Å². The van der Waals surface area contributed by atoms with Crippen LogP contribution in [0.5, 0.6) is 0 Å². The van der Waals surface area contributed by atoms with Gasteiger partial charge in [0.05, 0.1) is 5.69 Å². The summed E-state index contributed by atoms with van der Waals surface area (Å²) in [6.45, 7) is 11.1. The lowest BCUT2D eigenvalue weighted by Crippen LogP contribution is -2.47. The van der Waals surface area contributed by atoms with Crippen LogP contribution in [0.15, 0.2) is 12.4 Å². The van der Waals surface area contributed by atoms with Gasteiger partial charge in [0.1, 0.15) is 18.0 Å². The second-order valence-electron chi connectivity index (χ2n) is 6.67. The highest BCUT2D eigenvalue weighted by Gasteiger charge is 2.23. The zero-order chi connectivity index (χ0) is 18.0. The minimum atomic E-state index is -0.293. The molecule has 7 heteroatoms. The van der Waals surface area contributed by atoms with Crippen molar-refractivity contribution in [2.24, 2.45) is 0 Å². The predicted molar refractivity (Wildman–Crippen MR) is 96.7 cm³/mol. The molecule has 2 aromatic heterocycles. The number of rotatable bonds is 4. The molecular weight excluding hydrogens is 319 g/mol. The first-order valence-electron chi connectivity index (χ1n) is 8.84. The summed E-state index contributed by atoms with van der Waals surface area (Å²) in [5, 5.41) is 0. The number of piperazine rings is 1. The van der Waals surface area contributed by atoms with Crippen molar-refractivity contribution < 1.29 is 4.39 Å². The zero-order valence-electron chi connectivity index (χ0n) is 15.3. The van der Waals surface area contributed by atoms with Crippen LogP contribution in [0.3, 0.4) is 0 Å². The van der Waals surface area contributed by atoms with Crippen LogP contribution in [0.4, 0.5) is 16.0 Å². The predicted octanol–water partition coefficient (Wildman–Crippen LogP) is 2.73. The highest BCUT2D eigenvalue weighted by Crippen LogP contribution is 2.23. The first kappa shape index (κ1) is 17.5. The maximum Gasteiger partial charge on any atom is 0.187 e. The Morgan fingerprint density at radius 3 is 2.40 bits per heavy atom. The quantitative estimate of drug-likeness (QED) is 0.850. The number of aryl methyl sites for hydroxylation is 2. The van der Waals surface area contributed by atoms with Gasteiger partial charge in [0.25, 0.3) is 0 Å². The third-order valence-corrected chi connectivity index (χ3v) is 4.46. The SMILES string of the molecule is CCc1ncnc(N2CCN(c3cc(C)nc(C(C)C)n3)CC2)c1F. The molecule has 0 bridgehead atoms. The van der Waals surface area contributed by atoms with E-state index in [0.717, 1.165) is 30.4 Å². The van der Waals surface area contributed by atoms with Crippen molar-refractivity contribution in [3.05, 3.63) is 35.4 Å². The van der Waals surface area contributed by atoms with E-state index >= 15 is 0 Å². The average molecular weight is 344 g/mol. The highest BCUT2D eigenvalue weighted by atomic mass is 19.1. The molecule has 2 aromatic rings. The topological polar surface area (TPSA) is 58.0 Å². The van der Waals surface area contributed by atoms with Crippen molar-refractivity contribution in [3.63, 3.8) is 0 Å². The van der Waals surface area contributed by atoms with Gasteiger partial charge in [-0.2, -0.15) is 0 Å². The lowest BCUT2D eigenvalue weighted by Gasteiger charge is -2.36. The molecular formula is C18H25FN6. The summed E-state index contributed by atoms with van der Waals surface area (Å²) in [5.74, 6) is 2.23. The second kappa shape index (κ2) is 7.29. The lowest BCUT2D eigenvalue weighted by molar-refractivity contribution is 0.567.